The van der Waals surface area contributed by atoms with Crippen LogP contribution in [0.5, 0.6) is 0 Å². The van der Waals surface area contributed by atoms with Crippen LogP contribution in [0.15, 0.2) is 35.1 Å². The summed E-state index contributed by atoms with van der Waals surface area (Å²) in [6.45, 7) is 2.22. The summed E-state index contributed by atoms with van der Waals surface area (Å²) in [4.78, 5) is 31.0. The van der Waals surface area contributed by atoms with E-state index in [-0.39, 0.29) is 11.5 Å². The second-order valence-corrected chi connectivity index (χ2v) is 8.30. The molecule has 0 aliphatic heterocycles. The summed E-state index contributed by atoms with van der Waals surface area (Å²) in [5.74, 6) is 0.452. The smallest absolute Gasteiger partial charge is 0.258 e. The maximum Gasteiger partial charge on any atom is 0.258 e. The van der Waals surface area contributed by atoms with E-state index in [0.29, 0.717) is 10.7 Å². The van der Waals surface area contributed by atoms with Gasteiger partial charge in [0.05, 0.1) is 16.8 Å². The largest absolute Gasteiger partial charge is 0.311 e. The van der Waals surface area contributed by atoms with E-state index < -0.39 is 0 Å². The van der Waals surface area contributed by atoms with Crippen LogP contribution in [0.4, 0.5) is 5.13 Å². The highest BCUT2D eigenvalue weighted by molar-refractivity contribution is 7.15. The van der Waals surface area contributed by atoms with Gasteiger partial charge in [0.15, 0.2) is 5.13 Å². The van der Waals surface area contributed by atoms with Gasteiger partial charge < -0.3 is 4.57 Å². The Morgan fingerprint density at radius 1 is 1.37 bits per heavy atom. The van der Waals surface area contributed by atoms with Crippen LogP contribution in [0.1, 0.15) is 47.1 Å². The topological polar surface area (TPSA) is 64.0 Å². The van der Waals surface area contributed by atoms with Gasteiger partial charge in [0.2, 0.25) is 0 Å². The van der Waals surface area contributed by atoms with E-state index in [2.05, 4.69) is 17.2 Å². The molecular formula is C21H23N3O2S. The van der Waals surface area contributed by atoms with Crippen LogP contribution >= 0.6 is 11.3 Å². The quantitative estimate of drug-likeness (QED) is 0.738. The second-order valence-electron chi connectivity index (χ2n) is 7.21. The molecule has 1 aliphatic carbocycles. The molecule has 0 saturated heterocycles. The predicted molar refractivity (Wildman–Crippen MR) is 110 cm³/mol. The number of para-hydroxylation sites is 1. The predicted octanol–water partition coefficient (Wildman–Crippen LogP) is 4.15. The lowest BCUT2D eigenvalue weighted by atomic mass is 9.88. The van der Waals surface area contributed by atoms with Crippen LogP contribution in [0.25, 0.3) is 10.9 Å². The third kappa shape index (κ3) is 3.41. The third-order valence-corrected chi connectivity index (χ3v) is 6.39. The van der Waals surface area contributed by atoms with Gasteiger partial charge >= 0.3 is 0 Å². The van der Waals surface area contributed by atoms with E-state index in [0.717, 1.165) is 35.4 Å². The van der Waals surface area contributed by atoms with Crippen molar-refractivity contribution in [3.63, 3.8) is 0 Å². The molecule has 1 atom stereocenters. The highest BCUT2D eigenvalue weighted by atomic mass is 32.1. The summed E-state index contributed by atoms with van der Waals surface area (Å²) < 4.78 is 1.56. The number of amides is 1. The monoisotopic (exact) mass is 381 g/mol. The van der Waals surface area contributed by atoms with Gasteiger partial charge in [-0.15, -0.1) is 11.3 Å². The molecule has 0 bridgehead atoms. The van der Waals surface area contributed by atoms with E-state index in [4.69, 9.17) is 0 Å². The highest BCUT2D eigenvalue weighted by Gasteiger charge is 2.23. The minimum absolute atomic E-state index is 0.195. The first kappa shape index (κ1) is 17.9. The molecule has 4 rings (SSSR count). The number of pyridine rings is 1. The molecule has 5 nitrogen and oxygen atoms in total. The van der Waals surface area contributed by atoms with Crippen molar-refractivity contribution >= 4 is 33.3 Å². The first-order valence-electron chi connectivity index (χ1n) is 9.45. The van der Waals surface area contributed by atoms with Crippen molar-refractivity contribution in [3.05, 3.63) is 56.8 Å². The summed E-state index contributed by atoms with van der Waals surface area (Å²) >= 11 is 1.57. The van der Waals surface area contributed by atoms with E-state index in [1.54, 1.807) is 23.0 Å². The van der Waals surface area contributed by atoms with Crippen molar-refractivity contribution in [1.29, 1.82) is 0 Å². The number of carbonyl (C=O) groups is 1. The zero-order valence-electron chi connectivity index (χ0n) is 15.6. The molecule has 140 valence electrons. The Morgan fingerprint density at radius 3 is 3.00 bits per heavy atom. The summed E-state index contributed by atoms with van der Waals surface area (Å²) in [7, 11) is 1.72. The summed E-state index contributed by atoms with van der Waals surface area (Å²) in [6, 6.07) is 8.86. The molecule has 1 aromatic carbocycles. The molecule has 0 radical (unpaired) electrons. The Hall–Kier alpha value is -2.47. The van der Waals surface area contributed by atoms with Gasteiger partial charge in [-0.3, -0.25) is 14.9 Å². The molecule has 0 saturated carbocycles. The molecule has 1 amide bonds. The molecule has 1 N–H and O–H groups in total. The maximum absolute atomic E-state index is 12.9. The average molecular weight is 382 g/mol. The number of thiazole rings is 1. The minimum atomic E-state index is -0.278. The van der Waals surface area contributed by atoms with E-state index in [1.165, 1.54) is 30.2 Å². The van der Waals surface area contributed by atoms with Crippen molar-refractivity contribution in [2.75, 3.05) is 5.32 Å². The number of anilines is 1. The number of nitrogens with one attached hydrogen (secondary N) is 1. The normalized spacial score (nSPS) is 16.3. The molecule has 1 unspecified atom stereocenters. The van der Waals surface area contributed by atoms with Gasteiger partial charge in [0, 0.05) is 23.4 Å². The molecule has 27 heavy (non-hydrogen) atoms. The second kappa shape index (κ2) is 7.27. The van der Waals surface area contributed by atoms with E-state index in [9.17, 15) is 9.59 Å². The van der Waals surface area contributed by atoms with Crippen LogP contribution < -0.4 is 10.9 Å². The number of nitrogens with zero attached hydrogens (tertiary/aromatic N) is 2. The Balaban J connectivity index is 1.62. The Bertz CT molecular complexity index is 1070. The van der Waals surface area contributed by atoms with Gasteiger partial charge in [-0.1, -0.05) is 38.0 Å². The number of carbonyl (C=O) groups excluding carboxylic acids is 1. The molecule has 3 aromatic rings. The molecular weight excluding hydrogens is 358 g/mol. The first-order chi connectivity index (χ1) is 13.1. The van der Waals surface area contributed by atoms with Crippen molar-refractivity contribution in [2.24, 2.45) is 13.0 Å². The number of fused-ring (bicyclic) bond motifs is 2. The summed E-state index contributed by atoms with van der Waals surface area (Å²) in [5.41, 5.74) is 2.07. The molecule has 6 heteroatoms. The van der Waals surface area contributed by atoms with Gasteiger partial charge in [0.1, 0.15) is 0 Å². The van der Waals surface area contributed by atoms with E-state index >= 15 is 0 Å². The fourth-order valence-corrected chi connectivity index (χ4v) is 5.03. The van der Waals surface area contributed by atoms with Crippen molar-refractivity contribution < 1.29 is 4.79 Å². The van der Waals surface area contributed by atoms with Gasteiger partial charge in [-0.2, -0.15) is 0 Å². The number of aromatic nitrogens is 2. The van der Waals surface area contributed by atoms with Crippen LogP contribution in [0.2, 0.25) is 0 Å². The molecule has 2 heterocycles. The fraction of sp³-hybridized carbons (Fsp3) is 0.381. The number of aryl methyl sites for hydroxylation is 2. The standard InChI is InChI=1S/C21H23N3O2S/c1-3-6-13-9-10-16-18(11-13)27-21(22-16)23-20(26)15-12-19(25)24(2)17-8-5-4-7-14(15)17/h4-5,7-8,12-13H,3,6,9-11H2,1-2H3,(H,22,23,26). The molecule has 0 spiro atoms. The summed E-state index contributed by atoms with van der Waals surface area (Å²) in [5, 5.41) is 4.32. The van der Waals surface area contributed by atoms with Crippen LogP contribution in [-0.2, 0) is 19.9 Å². The number of hydrogen-bond donors (Lipinski definition) is 1. The lowest BCUT2D eigenvalue weighted by Gasteiger charge is -2.19. The van der Waals surface area contributed by atoms with Crippen LogP contribution in [0, 0.1) is 5.92 Å². The van der Waals surface area contributed by atoms with Gasteiger partial charge in [-0.25, -0.2) is 4.98 Å². The fourth-order valence-electron chi connectivity index (χ4n) is 3.91. The van der Waals surface area contributed by atoms with E-state index in [1.807, 2.05) is 24.3 Å². The SMILES string of the molecule is CCCC1CCc2nc(NC(=O)c3cc(=O)n(C)c4ccccc34)sc2C1. The number of rotatable bonds is 4. The van der Waals surface area contributed by atoms with Crippen LogP contribution in [-0.4, -0.2) is 15.5 Å². The number of benzene rings is 1. The molecule has 0 fully saturated rings. The molecule has 1 aliphatic rings. The lowest BCUT2D eigenvalue weighted by Crippen LogP contribution is -2.21. The van der Waals surface area contributed by atoms with Crippen LogP contribution in [0.3, 0.4) is 0 Å². The third-order valence-electron chi connectivity index (χ3n) is 5.36. The molecule has 2 aromatic heterocycles. The highest BCUT2D eigenvalue weighted by Crippen LogP contribution is 2.34. The minimum Gasteiger partial charge on any atom is -0.311 e. The zero-order valence-corrected chi connectivity index (χ0v) is 16.4. The Morgan fingerprint density at radius 2 is 2.19 bits per heavy atom. The average Bonchev–Trinajstić information content (AvgIpc) is 3.06. The van der Waals surface area contributed by atoms with Gasteiger partial charge in [0.25, 0.3) is 11.5 Å². The Kier molecular flexibility index (Phi) is 4.83. The number of hydrogen-bond acceptors (Lipinski definition) is 4. The van der Waals surface area contributed by atoms with Crippen molar-refractivity contribution in [3.8, 4) is 0 Å². The van der Waals surface area contributed by atoms with Crippen molar-refractivity contribution in [2.45, 2.75) is 39.0 Å². The summed E-state index contributed by atoms with van der Waals surface area (Å²) in [6.07, 6.45) is 5.68. The first-order valence-corrected chi connectivity index (χ1v) is 10.3. The maximum atomic E-state index is 12.9. The van der Waals surface area contributed by atoms with Crippen molar-refractivity contribution in [1.82, 2.24) is 9.55 Å². The lowest BCUT2D eigenvalue weighted by molar-refractivity contribution is 0.102. The van der Waals surface area contributed by atoms with Gasteiger partial charge in [-0.05, 0) is 31.2 Å². The zero-order chi connectivity index (χ0) is 19.0. The Labute approximate surface area is 162 Å².